The Morgan fingerprint density at radius 3 is 2.47 bits per heavy atom. The lowest BCUT2D eigenvalue weighted by Gasteiger charge is -2.14. The van der Waals surface area contributed by atoms with Gasteiger partial charge in [-0.25, -0.2) is 4.79 Å². The predicted octanol–water partition coefficient (Wildman–Crippen LogP) is 1.86. The van der Waals surface area contributed by atoms with E-state index in [1.807, 2.05) is 37.4 Å². The van der Waals surface area contributed by atoms with E-state index >= 15 is 0 Å². The van der Waals surface area contributed by atoms with Crippen molar-refractivity contribution in [3.63, 3.8) is 0 Å². The molecule has 1 atom stereocenters. The van der Waals surface area contributed by atoms with Gasteiger partial charge in [0.05, 0.1) is 6.42 Å². The number of carboxylic acids is 1. The molecule has 1 amide bonds. The van der Waals surface area contributed by atoms with Crippen LogP contribution in [0.15, 0.2) is 24.3 Å². The molecule has 0 aliphatic carbocycles. The average molecular weight is 281 g/mol. The summed E-state index contributed by atoms with van der Waals surface area (Å²) in [5.41, 5.74) is 2.02. The highest BCUT2D eigenvalue weighted by molar-refractivity contribution is 7.98. The number of hydrogen-bond donors (Lipinski definition) is 2. The second-order valence-corrected chi connectivity index (χ2v) is 5.39. The molecular weight excluding hydrogens is 262 g/mol. The van der Waals surface area contributed by atoms with Gasteiger partial charge in [0.25, 0.3) is 0 Å². The van der Waals surface area contributed by atoms with Crippen molar-refractivity contribution in [1.29, 1.82) is 0 Å². The zero-order valence-electron chi connectivity index (χ0n) is 11.2. The molecule has 0 unspecified atom stereocenters. The van der Waals surface area contributed by atoms with Crippen LogP contribution in [0.4, 0.5) is 0 Å². The molecule has 0 spiro atoms. The Hall–Kier alpha value is -1.49. The molecule has 0 bridgehead atoms. The number of benzene rings is 1. The molecule has 0 heterocycles. The van der Waals surface area contributed by atoms with E-state index in [0.717, 1.165) is 11.1 Å². The van der Waals surface area contributed by atoms with Gasteiger partial charge in [-0.2, -0.15) is 11.8 Å². The maximum Gasteiger partial charge on any atom is 0.326 e. The fourth-order valence-electron chi connectivity index (χ4n) is 1.63. The first-order chi connectivity index (χ1) is 9.02. The summed E-state index contributed by atoms with van der Waals surface area (Å²) in [5, 5.41) is 11.6. The van der Waals surface area contributed by atoms with Crippen LogP contribution in [-0.2, 0) is 16.0 Å². The van der Waals surface area contributed by atoms with E-state index in [2.05, 4.69) is 5.32 Å². The Labute approximate surface area is 117 Å². The second-order valence-electron chi connectivity index (χ2n) is 4.40. The van der Waals surface area contributed by atoms with Crippen molar-refractivity contribution in [2.24, 2.45) is 0 Å². The van der Waals surface area contributed by atoms with Crippen LogP contribution in [0.3, 0.4) is 0 Å². The number of nitrogens with one attached hydrogen (secondary N) is 1. The standard InChI is InChI=1S/C14H19NO3S/c1-10-3-5-11(6-4-10)9-13(16)15-12(14(17)18)7-8-19-2/h3-6,12H,7-9H2,1-2H3,(H,15,16)(H,17,18)/t12-/m0/s1. The Balaban J connectivity index is 2.52. The van der Waals surface area contributed by atoms with Gasteiger partial charge in [-0.1, -0.05) is 29.8 Å². The van der Waals surface area contributed by atoms with Crippen molar-refractivity contribution in [1.82, 2.24) is 5.32 Å². The summed E-state index contributed by atoms with van der Waals surface area (Å²) in [6, 6.07) is 6.83. The average Bonchev–Trinajstić information content (AvgIpc) is 2.37. The zero-order chi connectivity index (χ0) is 14.3. The third kappa shape index (κ3) is 5.79. The van der Waals surface area contributed by atoms with Crippen molar-refractivity contribution in [2.45, 2.75) is 25.8 Å². The first-order valence-corrected chi connectivity index (χ1v) is 7.49. The summed E-state index contributed by atoms with van der Waals surface area (Å²) in [6.07, 6.45) is 2.56. The quantitative estimate of drug-likeness (QED) is 0.800. The zero-order valence-corrected chi connectivity index (χ0v) is 12.0. The summed E-state index contributed by atoms with van der Waals surface area (Å²) in [4.78, 5) is 22.8. The van der Waals surface area contributed by atoms with Gasteiger partial charge in [0.15, 0.2) is 0 Å². The number of carboxylic acid groups (broad SMARTS) is 1. The van der Waals surface area contributed by atoms with E-state index in [0.29, 0.717) is 12.2 Å². The number of aliphatic carboxylic acids is 1. The SMILES string of the molecule is CSCC[C@H](NC(=O)Cc1ccc(C)cc1)C(=O)O. The monoisotopic (exact) mass is 281 g/mol. The van der Waals surface area contributed by atoms with Gasteiger partial charge in [-0.05, 0) is 30.9 Å². The van der Waals surface area contributed by atoms with Gasteiger partial charge >= 0.3 is 5.97 Å². The number of rotatable bonds is 7. The number of hydrogen-bond acceptors (Lipinski definition) is 3. The van der Waals surface area contributed by atoms with Crippen LogP contribution in [0.2, 0.25) is 0 Å². The van der Waals surface area contributed by atoms with Crippen LogP contribution in [0.25, 0.3) is 0 Å². The molecule has 0 radical (unpaired) electrons. The number of carbonyl (C=O) groups is 2. The Morgan fingerprint density at radius 1 is 1.32 bits per heavy atom. The molecule has 19 heavy (non-hydrogen) atoms. The van der Waals surface area contributed by atoms with E-state index in [1.165, 1.54) is 0 Å². The lowest BCUT2D eigenvalue weighted by molar-refractivity contribution is -0.141. The highest BCUT2D eigenvalue weighted by Gasteiger charge is 2.19. The molecule has 1 aromatic carbocycles. The Kier molecular flexibility index (Phi) is 6.42. The number of thioether (sulfide) groups is 1. The molecule has 5 heteroatoms. The summed E-state index contributed by atoms with van der Waals surface area (Å²) in [7, 11) is 0. The highest BCUT2D eigenvalue weighted by atomic mass is 32.2. The summed E-state index contributed by atoms with van der Waals surface area (Å²) in [6.45, 7) is 1.98. The predicted molar refractivity (Wildman–Crippen MR) is 77.4 cm³/mol. The molecule has 0 aliphatic rings. The van der Waals surface area contributed by atoms with Crippen LogP contribution in [0, 0.1) is 6.92 Å². The molecule has 0 aromatic heterocycles. The molecule has 0 saturated heterocycles. The summed E-state index contributed by atoms with van der Waals surface area (Å²) < 4.78 is 0. The van der Waals surface area contributed by atoms with Crippen LogP contribution < -0.4 is 5.32 Å². The Morgan fingerprint density at radius 2 is 1.95 bits per heavy atom. The number of carbonyl (C=O) groups excluding carboxylic acids is 1. The van der Waals surface area contributed by atoms with E-state index < -0.39 is 12.0 Å². The van der Waals surface area contributed by atoms with Crippen LogP contribution in [-0.4, -0.2) is 35.0 Å². The Bertz CT molecular complexity index is 431. The molecule has 104 valence electrons. The minimum absolute atomic E-state index is 0.212. The summed E-state index contributed by atoms with van der Waals surface area (Å²) >= 11 is 1.57. The highest BCUT2D eigenvalue weighted by Crippen LogP contribution is 2.05. The van der Waals surface area contributed by atoms with Gasteiger partial charge in [-0.15, -0.1) is 0 Å². The maximum atomic E-state index is 11.8. The lowest BCUT2D eigenvalue weighted by Crippen LogP contribution is -2.41. The minimum atomic E-state index is -0.980. The molecule has 0 fully saturated rings. The lowest BCUT2D eigenvalue weighted by atomic mass is 10.1. The van der Waals surface area contributed by atoms with Gasteiger partial charge in [0.2, 0.25) is 5.91 Å². The van der Waals surface area contributed by atoms with Gasteiger partial charge < -0.3 is 10.4 Å². The minimum Gasteiger partial charge on any atom is -0.480 e. The first kappa shape index (κ1) is 15.6. The molecule has 0 saturated carbocycles. The molecule has 1 aromatic rings. The molecule has 4 nitrogen and oxygen atoms in total. The molecule has 1 rings (SSSR count). The van der Waals surface area contributed by atoms with Crippen molar-refractivity contribution in [2.75, 3.05) is 12.0 Å². The van der Waals surface area contributed by atoms with Gasteiger partial charge in [0.1, 0.15) is 6.04 Å². The first-order valence-electron chi connectivity index (χ1n) is 6.09. The van der Waals surface area contributed by atoms with E-state index in [4.69, 9.17) is 5.11 Å². The largest absolute Gasteiger partial charge is 0.480 e. The van der Waals surface area contributed by atoms with Crippen LogP contribution in [0.5, 0.6) is 0 Å². The fraction of sp³-hybridized carbons (Fsp3) is 0.429. The smallest absolute Gasteiger partial charge is 0.326 e. The van der Waals surface area contributed by atoms with Gasteiger partial charge in [-0.3, -0.25) is 4.79 Å². The third-order valence-corrected chi connectivity index (χ3v) is 3.37. The number of aryl methyl sites for hydroxylation is 1. The molecular formula is C14H19NO3S. The fourth-order valence-corrected chi connectivity index (χ4v) is 2.10. The molecule has 0 aliphatic heterocycles. The number of amides is 1. The third-order valence-electron chi connectivity index (χ3n) is 2.73. The van der Waals surface area contributed by atoms with Crippen molar-refractivity contribution in [3.8, 4) is 0 Å². The van der Waals surface area contributed by atoms with E-state index in [9.17, 15) is 9.59 Å². The van der Waals surface area contributed by atoms with E-state index in [-0.39, 0.29) is 12.3 Å². The van der Waals surface area contributed by atoms with Crippen LogP contribution >= 0.6 is 11.8 Å². The van der Waals surface area contributed by atoms with Crippen molar-refractivity contribution < 1.29 is 14.7 Å². The van der Waals surface area contributed by atoms with Crippen molar-refractivity contribution in [3.05, 3.63) is 35.4 Å². The van der Waals surface area contributed by atoms with Crippen molar-refractivity contribution >= 4 is 23.6 Å². The normalized spacial score (nSPS) is 11.9. The molecule has 2 N–H and O–H groups in total. The van der Waals surface area contributed by atoms with Crippen LogP contribution in [0.1, 0.15) is 17.5 Å². The van der Waals surface area contributed by atoms with E-state index in [1.54, 1.807) is 11.8 Å². The summed E-state index contributed by atoms with van der Waals surface area (Å²) in [5.74, 6) is -0.523. The topological polar surface area (TPSA) is 66.4 Å². The maximum absolute atomic E-state index is 11.8. The second kappa shape index (κ2) is 7.84. The van der Waals surface area contributed by atoms with Gasteiger partial charge in [0, 0.05) is 0 Å².